The van der Waals surface area contributed by atoms with Gasteiger partial charge in [0.15, 0.2) is 0 Å². The van der Waals surface area contributed by atoms with E-state index in [1.807, 2.05) is 0 Å². The Labute approximate surface area is 159 Å². The van der Waals surface area contributed by atoms with Crippen LogP contribution in [0.3, 0.4) is 0 Å². The summed E-state index contributed by atoms with van der Waals surface area (Å²) < 4.78 is 35.4. The van der Waals surface area contributed by atoms with Crippen LogP contribution in [0.25, 0.3) is 0 Å². The van der Waals surface area contributed by atoms with Crippen molar-refractivity contribution in [2.45, 2.75) is 90.1 Å². The average molecular weight is 347 g/mol. The fourth-order valence-corrected chi connectivity index (χ4v) is 3.31. The first-order chi connectivity index (χ1) is 9.99. The second kappa shape index (κ2) is 16.7. The Morgan fingerprint density at radius 1 is 0.864 bits per heavy atom. The maximum absolute atomic E-state index is 10.8. The van der Waals surface area contributed by atoms with Crippen LogP contribution in [-0.4, -0.2) is 61.5 Å². The normalized spacial score (nSPS) is 12.9. The maximum atomic E-state index is 10.8. The van der Waals surface area contributed by atoms with Gasteiger partial charge in [-0.05, 0) is 6.42 Å². The number of rotatable bonds is 15. The zero-order valence-electron chi connectivity index (χ0n) is 13.8. The van der Waals surface area contributed by atoms with Gasteiger partial charge in [0.1, 0.15) is 5.75 Å². The van der Waals surface area contributed by atoms with E-state index in [4.69, 9.17) is 9.29 Å². The Morgan fingerprint density at radius 2 is 1.27 bits per heavy atom. The van der Waals surface area contributed by atoms with Crippen LogP contribution in [0, 0.1) is 0 Å². The van der Waals surface area contributed by atoms with Gasteiger partial charge in [-0.2, -0.15) is 8.42 Å². The molecule has 0 amide bonds. The Bertz CT molecular complexity index is 320. The minimum absolute atomic E-state index is 0. The van der Waals surface area contributed by atoms with Crippen LogP contribution >= 0.6 is 0 Å². The SMILES string of the molecule is CCCCCCCCCCCCCC(CS(=O)(=O)O)OC.[NaH]. The van der Waals surface area contributed by atoms with Crippen LogP contribution in [0.5, 0.6) is 0 Å². The van der Waals surface area contributed by atoms with E-state index in [1.54, 1.807) is 0 Å². The molecule has 0 aliphatic heterocycles. The van der Waals surface area contributed by atoms with Crippen molar-refractivity contribution in [2.75, 3.05) is 12.9 Å². The summed E-state index contributed by atoms with van der Waals surface area (Å²) >= 11 is 0. The molecular weight excluding hydrogens is 311 g/mol. The predicted molar refractivity (Wildman–Crippen MR) is 95.4 cm³/mol. The number of ether oxygens (including phenoxy) is 1. The summed E-state index contributed by atoms with van der Waals surface area (Å²) in [7, 11) is -2.43. The van der Waals surface area contributed by atoms with Gasteiger partial charge in [0.05, 0.1) is 6.10 Å². The Kier molecular flexibility index (Phi) is 19.1. The van der Waals surface area contributed by atoms with Crippen molar-refractivity contribution < 1.29 is 17.7 Å². The molecule has 0 aromatic carbocycles. The quantitative estimate of drug-likeness (QED) is 0.277. The molecule has 0 saturated heterocycles. The van der Waals surface area contributed by atoms with E-state index in [1.165, 1.54) is 64.9 Å². The topological polar surface area (TPSA) is 63.6 Å². The molecule has 0 fully saturated rings. The van der Waals surface area contributed by atoms with Crippen molar-refractivity contribution >= 4 is 39.7 Å². The van der Waals surface area contributed by atoms with Gasteiger partial charge >= 0.3 is 29.6 Å². The van der Waals surface area contributed by atoms with Gasteiger partial charge in [0.25, 0.3) is 10.1 Å². The molecule has 1 atom stereocenters. The molecule has 0 rings (SSSR count). The van der Waals surface area contributed by atoms with Crippen LogP contribution in [0.4, 0.5) is 0 Å². The first-order valence-electron chi connectivity index (χ1n) is 8.47. The van der Waals surface area contributed by atoms with E-state index >= 15 is 0 Å². The molecule has 0 aromatic heterocycles. The van der Waals surface area contributed by atoms with Crippen molar-refractivity contribution in [3.63, 3.8) is 0 Å². The van der Waals surface area contributed by atoms with E-state index in [0.717, 1.165) is 12.8 Å². The number of unbranched alkanes of at least 4 members (excludes halogenated alkanes) is 10. The summed E-state index contributed by atoms with van der Waals surface area (Å²) in [5, 5.41) is 0. The summed E-state index contributed by atoms with van der Waals surface area (Å²) in [5.74, 6) is -0.290. The molecule has 22 heavy (non-hydrogen) atoms. The molecule has 0 heterocycles. The molecule has 1 N–H and O–H groups in total. The summed E-state index contributed by atoms with van der Waals surface area (Å²) in [6.45, 7) is 2.24. The van der Waals surface area contributed by atoms with Crippen LogP contribution in [0.2, 0.25) is 0 Å². The molecule has 0 saturated carbocycles. The molecule has 0 radical (unpaired) electrons. The average Bonchev–Trinajstić information content (AvgIpc) is 2.42. The van der Waals surface area contributed by atoms with Crippen molar-refractivity contribution in [2.24, 2.45) is 0 Å². The monoisotopic (exact) mass is 346 g/mol. The van der Waals surface area contributed by atoms with Crippen LogP contribution in [-0.2, 0) is 14.9 Å². The summed E-state index contributed by atoms with van der Waals surface area (Å²) in [6.07, 6.45) is 14.3. The van der Waals surface area contributed by atoms with E-state index < -0.39 is 10.1 Å². The molecular formula is C16H35NaO4S. The van der Waals surface area contributed by atoms with Gasteiger partial charge in [-0.25, -0.2) is 0 Å². The summed E-state index contributed by atoms with van der Waals surface area (Å²) in [5.41, 5.74) is 0. The molecule has 4 nitrogen and oxygen atoms in total. The first-order valence-corrected chi connectivity index (χ1v) is 10.1. The van der Waals surface area contributed by atoms with Crippen LogP contribution in [0.15, 0.2) is 0 Å². The second-order valence-corrected chi connectivity index (χ2v) is 7.43. The molecule has 6 heteroatoms. The molecule has 0 aliphatic carbocycles. The zero-order valence-corrected chi connectivity index (χ0v) is 14.7. The first kappa shape index (κ1) is 25.1. The minimum atomic E-state index is -3.92. The molecule has 0 bridgehead atoms. The third-order valence-electron chi connectivity index (χ3n) is 3.86. The Morgan fingerprint density at radius 3 is 1.64 bits per heavy atom. The number of hydrogen-bond donors (Lipinski definition) is 1. The molecule has 0 aliphatic rings. The van der Waals surface area contributed by atoms with Crippen molar-refractivity contribution in [1.82, 2.24) is 0 Å². The van der Waals surface area contributed by atoms with Gasteiger partial charge in [-0.1, -0.05) is 77.6 Å². The summed E-state index contributed by atoms with van der Waals surface area (Å²) in [6, 6.07) is 0. The van der Waals surface area contributed by atoms with Crippen molar-refractivity contribution in [3.05, 3.63) is 0 Å². The van der Waals surface area contributed by atoms with Gasteiger partial charge in [-0.15, -0.1) is 0 Å². The van der Waals surface area contributed by atoms with Crippen LogP contribution in [0.1, 0.15) is 84.0 Å². The zero-order chi connectivity index (χ0) is 16.0. The predicted octanol–water partition coefficient (Wildman–Crippen LogP) is 3.94. The van der Waals surface area contributed by atoms with Crippen molar-refractivity contribution in [1.29, 1.82) is 0 Å². The number of hydrogen-bond acceptors (Lipinski definition) is 3. The van der Waals surface area contributed by atoms with E-state index in [2.05, 4.69) is 6.92 Å². The second-order valence-electron chi connectivity index (χ2n) is 5.93. The fourth-order valence-electron chi connectivity index (χ4n) is 2.54. The van der Waals surface area contributed by atoms with Gasteiger partial charge in [-0.3, -0.25) is 4.55 Å². The van der Waals surface area contributed by atoms with Gasteiger partial charge < -0.3 is 4.74 Å². The molecule has 0 spiro atoms. The fraction of sp³-hybridized carbons (Fsp3) is 1.00. The molecule has 1 unspecified atom stereocenters. The Balaban J connectivity index is 0. The van der Waals surface area contributed by atoms with Gasteiger partial charge in [0.2, 0.25) is 0 Å². The van der Waals surface area contributed by atoms with Gasteiger partial charge in [0, 0.05) is 7.11 Å². The van der Waals surface area contributed by atoms with E-state index in [0.29, 0.717) is 6.42 Å². The third-order valence-corrected chi connectivity index (χ3v) is 4.65. The molecule has 130 valence electrons. The van der Waals surface area contributed by atoms with Crippen LogP contribution < -0.4 is 0 Å². The summed E-state index contributed by atoms with van der Waals surface area (Å²) in [4.78, 5) is 0. The molecule has 0 aromatic rings. The number of methoxy groups -OCH3 is 1. The standard InChI is InChI=1S/C16H34O4S.Na.H/c1-3-4-5-6-7-8-9-10-11-12-13-14-16(20-2)15-21(17,18)19;;/h16H,3-15H2,1-2H3,(H,17,18,19);;. The Hall–Kier alpha value is 0.870. The third kappa shape index (κ3) is 18.9. The van der Waals surface area contributed by atoms with Crippen molar-refractivity contribution in [3.8, 4) is 0 Å². The van der Waals surface area contributed by atoms with E-state index in [9.17, 15) is 8.42 Å². The van der Waals surface area contributed by atoms with E-state index in [-0.39, 0.29) is 41.4 Å².